The zero-order valence-corrected chi connectivity index (χ0v) is 13.3. The Morgan fingerprint density at radius 2 is 2.05 bits per heavy atom. The number of hydrogen-bond donors (Lipinski definition) is 1. The van der Waals surface area contributed by atoms with Crippen molar-refractivity contribution in [1.82, 2.24) is 15.1 Å². The highest BCUT2D eigenvalue weighted by atomic mass is 16.5. The molecule has 0 aliphatic carbocycles. The van der Waals surface area contributed by atoms with E-state index in [4.69, 9.17) is 4.74 Å². The molecule has 0 aromatic carbocycles. The van der Waals surface area contributed by atoms with Crippen LogP contribution in [0.3, 0.4) is 0 Å². The van der Waals surface area contributed by atoms with Crippen LogP contribution in [0.15, 0.2) is 6.20 Å². The Bertz CT molecular complexity index is 377. The van der Waals surface area contributed by atoms with Crippen LogP contribution in [0, 0.1) is 5.92 Å². The van der Waals surface area contributed by atoms with Crippen molar-refractivity contribution in [3.63, 3.8) is 0 Å². The summed E-state index contributed by atoms with van der Waals surface area (Å²) in [4.78, 5) is 0. The lowest BCUT2D eigenvalue weighted by molar-refractivity contribution is 0.111. The third kappa shape index (κ3) is 5.74. The average Bonchev–Trinajstić information content (AvgIpc) is 2.64. The lowest BCUT2D eigenvalue weighted by Crippen LogP contribution is -2.22. The topological polar surface area (TPSA) is 39.1 Å². The lowest BCUT2D eigenvalue weighted by Gasteiger charge is -2.17. The van der Waals surface area contributed by atoms with Crippen LogP contribution in [-0.4, -0.2) is 29.5 Å². The van der Waals surface area contributed by atoms with Crippen LogP contribution in [0.4, 0.5) is 0 Å². The molecule has 0 radical (unpaired) electrons. The Balaban J connectivity index is 2.37. The number of aromatic nitrogens is 2. The van der Waals surface area contributed by atoms with Gasteiger partial charge in [-0.15, -0.1) is 0 Å². The molecule has 1 rings (SSSR count). The molecule has 4 nitrogen and oxygen atoms in total. The number of nitrogens with one attached hydrogen (secondary N) is 1. The highest BCUT2D eigenvalue weighted by Crippen LogP contribution is 2.23. The summed E-state index contributed by atoms with van der Waals surface area (Å²) in [6.45, 7) is 14.3. The highest BCUT2D eigenvalue weighted by molar-refractivity contribution is 5.23. The van der Waals surface area contributed by atoms with Crippen LogP contribution in [0.5, 0.6) is 0 Å². The van der Waals surface area contributed by atoms with Crippen molar-refractivity contribution in [3.05, 3.63) is 17.5 Å². The second-order valence-electron chi connectivity index (χ2n) is 6.57. The van der Waals surface area contributed by atoms with Crippen LogP contribution in [0.2, 0.25) is 0 Å². The fourth-order valence-electron chi connectivity index (χ4n) is 1.98. The van der Waals surface area contributed by atoms with Crippen LogP contribution in [0.1, 0.15) is 45.9 Å². The molecule has 0 amide bonds. The first kappa shape index (κ1) is 16.2. The molecular formula is C15H29N3O. The fourth-order valence-corrected chi connectivity index (χ4v) is 1.98. The maximum absolute atomic E-state index is 5.55. The minimum Gasteiger partial charge on any atom is -0.380 e. The molecule has 0 fully saturated rings. The zero-order valence-electron chi connectivity index (χ0n) is 13.3. The second-order valence-corrected chi connectivity index (χ2v) is 6.57. The van der Waals surface area contributed by atoms with E-state index in [1.165, 1.54) is 11.3 Å². The third-order valence-corrected chi connectivity index (χ3v) is 2.80. The van der Waals surface area contributed by atoms with Crippen LogP contribution in [-0.2, 0) is 23.7 Å². The standard InChI is InChI=1S/C15H29N3O/c1-12(2)11-19-8-7-16-9-13-10-18(6)17-14(13)15(3,4)5/h10,12,16H,7-9,11H2,1-6H3. The molecule has 1 aromatic rings. The SMILES string of the molecule is CC(C)COCCNCc1cn(C)nc1C(C)(C)C. The van der Waals surface area contributed by atoms with Gasteiger partial charge in [-0.2, -0.15) is 5.10 Å². The van der Waals surface area contributed by atoms with E-state index in [9.17, 15) is 0 Å². The molecular weight excluding hydrogens is 238 g/mol. The summed E-state index contributed by atoms with van der Waals surface area (Å²) in [7, 11) is 1.98. The number of rotatable bonds is 7. The van der Waals surface area contributed by atoms with Crippen LogP contribution >= 0.6 is 0 Å². The number of nitrogens with zero attached hydrogens (tertiary/aromatic N) is 2. The van der Waals surface area contributed by atoms with Gasteiger partial charge in [0.05, 0.1) is 12.3 Å². The minimum atomic E-state index is 0.0897. The Morgan fingerprint density at radius 1 is 1.37 bits per heavy atom. The molecule has 0 spiro atoms. The number of ether oxygens (including phenoxy) is 1. The van der Waals surface area contributed by atoms with Crippen molar-refractivity contribution in [1.29, 1.82) is 0 Å². The van der Waals surface area contributed by atoms with E-state index >= 15 is 0 Å². The normalized spacial score (nSPS) is 12.4. The van der Waals surface area contributed by atoms with Gasteiger partial charge in [0, 0.05) is 43.9 Å². The van der Waals surface area contributed by atoms with Gasteiger partial charge < -0.3 is 10.1 Å². The maximum atomic E-state index is 5.55. The van der Waals surface area contributed by atoms with Crippen LogP contribution in [0.25, 0.3) is 0 Å². The van der Waals surface area contributed by atoms with E-state index in [1.807, 2.05) is 11.7 Å². The fraction of sp³-hybridized carbons (Fsp3) is 0.800. The van der Waals surface area contributed by atoms with Gasteiger partial charge in [-0.1, -0.05) is 34.6 Å². The second kappa shape index (κ2) is 7.06. The molecule has 110 valence electrons. The van der Waals surface area contributed by atoms with Crippen molar-refractivity contribution in [3.8, 4) is 0 Å². The predicted molar refractivity (Wildman–Crippen MR) is 79.3 cm³/mol. The molecule has 0 unspecified atom stereocenters. The number of hydrogen-bond acceptors (Lipinski definition) is 3. The van der Waals surface area contributed by atoms with E-state index in [-0.39, 0.29) is 5.41 Å². The summed E-state index contributed by atoms with van der Waals surface area (Å²) in [6, 6.07) is 0. The van der Waals surface area contributed by atoms with Crippen LogP contribution < -0.4 is 5.32 Å². The molecule has 19 heavy (non-hydrogen) atoms. The molecule has 0 saturated carbocycles. The van der Waals surface area contributed by atoms with Crippen molar-refractivity contribution >= 4 is 0 Å². The first-order valence-corrected chi connectivity index (χ1v) is 7.12. The molecule has 0 bridgehead atoms. The van der Waals surface area contributed by atoms with Gasteiger partial charge in [-0.3, -0.25) is 4.68 Å². The van der Waals surface area contributed by atoms with E-state index in [2.05, 4.69) is 51.2 Å². The average molecular weight is 267 g/mol. The van der Waals surface area contributed by atoms with Gasteiger partial charge in [0.2, 0.25) is 0 Å². The third-order valence-electron chi connectivity index (χ3n) is 2.80. The molecule has 1 aromatic heterocycles. The van der Waals surface area contributed by atoms with E-state index < -0.39 is 0 Å². The zero-order chi connectivity index (χ0) is 14.5. The molecule has 0 saturated heterocycles. The van der Waals surface area contributed by atoms with Crippen molar-refractivity contribution in [2.24, 2.45) is 13.0 Å². The van der Waals surface area contributed by atoms with Crippen molar-refractivity contribution < 1.29 is 4.74 Å². The Kier molecular flexibility index (Phi) is 6.01. The van der Waals surface area contributed by atoms with Gasteiger partial charge >= 0.3 is 0 Å². The predicted octanol–water partition coefficient (Wildman–Crippen LogP) is 2.48. The van der Waals surface area contributed by atoms with Gasteiger partial charge in [0.1, 0.15) is 0 Å². The van der Waals surface area contributed by atoms with E-state index in [1.54, 1.807) is 0 Å². The highest BCUT2D eigenvalue weighted by Gasteiger charge is 2.21. The summed E-state index contributed by atoms with van der Waals surface area (Å²) >= 11 is 0. The summed E-state index contributed by atoms with van der Waals surface area (Å²) in [6.07, 6.45) is 2.10. The Morgan fingerprint density at radius 3 is 2.63 bits per heavy atom. The van der Waals surface area contributed by atoms with Crippen molar-refractivity contribution in [2.75, 3.05) is 19.8 Å². The van der Waals surface area contributed by atoms with Gasteiger partial charge in [-0.25, -0.2) is 0 Å². The summed E-state index contributed by atoms with van der Waals surface area (Å²) in [5, 5.41) is 7.99. The Hall–Kier alpha value is -0.870. The molecule has 0 aliphatic heterocycles. The molecule has 0 aliphatic rings. The first-order chi connectivity index (χ1) is 8.80. The largest absolute Gasteiger partial charge is 0.380 e. The van der Waals surface area contributed by atoms with E-state index in [0.717, 1.165) is 26.3 Å². The maximum Gasteiger partial charge on any atom is 0.0722 e. The lowest BCUT2D eigenvalue weighted by atomic mass is 9.89. The summed E-state index contributed by atoms with van der Waals surface area (Å²) < 4.78 is 7.45. The first-order valence-electron chi connectivity index (χ1n) is 7.12. The molecule has 0 atom stereocenters. The molecule has 1 heterocycles. The summed E-state index contributed by atoms with van der Waals surface area (Å²) in [5.41, 5.74) is 2.54. The van der Waals surface area contributed by atoms with Gasteiger partial charge in [0.15, 0.2) is 0 Å². The van der Waals surface area contributed by atoms with Gasteiger partial charge in [-0.05, 0) is 5.92 Å². The smallest absolute Gasteiger partial charge is 0.0722 e. The Labute approximate surface area is 117 Å². The monoisotopic (exact) mass is 267 g/mol. The summed E-state index contributed by atoms with van der Waals surface area (Å²) in [5.74, 6) is 0.603. The van der Waals surface area contributed by atoms with Crippen molar-refractivity contribution in [2.45, 2.75) is 46.6 Å². The molecule has 4 heteroatoms. The number of aryl methyl sites for hydroxylation is 1. The molecule has 1 N–H and O–H groups in total. The quantitative estimate of drug-likeness (QED) is 0.771. The van der Waals surface area contributed by atoms with Gasteiger partial charge in [0.25, 0.3) is 0 Å². The minimum absolute atomic E-state index is 0.0897. The van der Waals surface area contributed by atoms with E-state index in [0.29, 0.717) is 5.92 Å².